The van der Waals surface area contributed by atoms with E-state index in [-0.39, 0.29) is 12.3 Å². The van der Waals surface area contributed by atoms with Gasteiger partial charge in [-0.1, -0.05) is 140 Å². The van der Waals surface area contributed by atoms with E-state index in [0.717, 1.165) is 61.8 Å². The van der Waals surface area contributed by atoms with E-state index in [1.54, 1.807) is 0 Å². The quantitative estimate of drug-likeness (QED) is 0.171. The van der Waals surface area contributed by atoms with Gasteiger partial charge in [0.1, 0.15) is 24.0 Å². The van der Waals surface area contributed by atoms with Crippen LogP contribution in [-0.4, -0.2) is 21.6 Å². The summed E-state index contributed by atoms with van der Waals surface area (Å²) in [6.45, 7) is 0. The van der Waals surface area contributed by atoms with Crippen LogP contribution in [-0.2, 0) is 0 Å². The number of pyridine rings is 2. The van der Waals surface area contributed by atoms with E-state index in [2.05, 4.69) is 130 Å². The summed E-state index contributed by atoms with van der Waals surface area (Å²) in [6.07, 6.45) is 5.29. The fraction of sp³-hybridized carbons (Fsp3) is 0.0435. The molecule has 2 aliphatic rings. The lowest BCUT2D eigenvalue weighted by atomic mass is 9.99. The summed E-state index contributed by atoms with van der Waals surface area (Å²) < 4.78 is 0. The second kappa shape index (κ2) is 12.9. The van der Waals surface area contributed by atoms with Crippen molar-refractivity contribution < 1.29 is 0 Å². The van der Waals surface area contributed by atoms with Crippen LogP contribution in [0.15, 0.2) is 186 Å². The molecule has 2 N–H and O–H groups in total. The standard InChI is InChI=1S/C46H33N7/c1-3-11-32(12-4-1)43-50-44(33-13-5-2-6-14-33)52-45(51-43)34-22-18-30(19-23-34)31-20-24-35(25-21-31)46-49-41-38-16-8-7-15-36(38)37-26-28-47-29-39(37)42(41)53(46)40-17-9-10-27-48-40/h1-29,43,46,49H,(H,50,51,52). The fourth-order valence-corrected chi connectivity index (χ4v) is 7.52. The molecule has 53 heavy (non-hydrogen) atoms. The molecule has 6 aromatic carbocycles. The summed E-state index contributed by atoms with van der Waals surface area (Å²) in [6, 6.07) is 54.6. The zero-order valence-electron chi connectivity index (χ0n) is 28.6. The highest BCUT2D eigenvalue weighted by molar-refractivity contribution is 6.22. The monoisotopic (exact) mass is 683 g/mol. The van der Waals surface area contributed by atoms with E-state index in [4.69, 9.17) is 15.0 Å². The van der Waals surface area contributed by atoms with Crippen LogP contribution < -0.4 is 15.5 Å². The average Bonchev–Trinajstić information content (AvgIpc) is 3.66. The number of anilines is 3. The molecule has 2 unspecified atom stereocenters. The number of aliphatic imine (C=N–C) groups is 2. The third kappa shape index (κ3) is 5.47. The van der Waals surface area contributed by atoms with Gasteiger partial charge in [-0.05, 0) is 51.2 Å². The number of nitrogens with one attached hydrogen (secondary N) is 2. The highest BCUT2D eigenvalue weighted by atomic mass is 15.4. The molecule has 0 amide bonds. The molecule has 2 atom stereocenters. The van der Waals surface area contributed by atoms with Crippen molar-refractivity contribution in [3.8, 4) is 11.1 Å². The van der Waals surface area contributed by atoms with Gasteiger partial charge in [0.05, 0.1) is 11.4 Å². The van der Waals surface area contributed by atoms with Gasteiger partial charge >= 0.3 is 0 Å². The summed E-state index contributed by atoms with van der Waals surface area (Å²) in [7, 11) is 0. The summed E-state index contributed by atoms with van der Waals surface area (Å²) in [5.74, 6) is 2.39. The predicted octanol–water partition coefficient (Wildman–Crippen LogP) is 10.2. The molecule has 0 aliphatic carbocycles. The van der Waals surface area contributed by atoms with Gasteiger partial charge in [-0.2, -0.15) is 0 Å². The van der Waals surface area contributed by atoms with E-state index in [9.17, 15) is 0 Å². The van der Waals surface area contributed by atoms with E-state index >= 15 is 0 Å². The summed E-state index contributed by atoms with van der Waals surface area (Å²) in [4.78, 5) is 21.6. The Morgan fingerprint density at radius 3 is 1.91 bits per heavy atom. The van der Waals surface area contributed by atoms with Crippen molar-refractivity contribution in [1.29, 1.82) is 0 Å². The van der Waals surface area contributed by atoms with Gasteiger partial charge < -0.3 is 10.6 Å². The number of aromatic nitrogens is 2. The van der Waals surface area contributed by atoms with Gasteiger partial charge in [-0.15, -0.1) is 0 Å². The Hall–Kier alpha value is -7.12. The van der Waals surface area contributed by atoms with Crippen molar-refractivity contribution in [3.63, 3.8) is 0 Å². The molecule has 0 saturated heterocycles. The molecule has 0 bridgehead atoms. The first kappa shape index (κ1) is 30.7. The second-order valence-electron chi connectivity index (χ2n) is 13.2. The Morgan fingerprint density at radius 1 is 0.491 bits per heavy atom. The van der Waals surface area contributed by atoms with Crippen molar-refractivity contribution in [2.75, 3.05) is 10.2 Å². The largest absolute Gasteiger partial charge is 0.359 e. The third-order valence-corrected chi connectivity index (χ3v) is 10.1. The highest BCUT2D eigenvalue weighted by Crippen LogP contribution is 2.52. The number of rotatable bonds is 6. The molecule has 0 radical (unpaired) electrons. The maximum absolute atomic E-state index is 4.98. The maximum atomic E-state index is 4.98. The first-order chi connectivity index (χ1) is 26.3. The van der Waals surface area contributed by atoms with Gasteiger partial charge in [0.15, 0.2) is 5.84 Å². The number of amidine groups is 2. The Balaban J connectivity index is 0.978. The van der Waals surface area contributed by atoms with Crippen LogP contribution >= 0.6 is 0 Å². The van der Waals surface area contributed by atoms with E-state index < -0.39 is 0 Å². The number of nitrogens with zero attached hydrogens (tertiary/aromatic N) is 5. The van der Waals surface area contributed by atoms with Gasteiger partial charge in [-0.25, -0.2) is 15.0 Å². The molecular weight excluding hydrogens is 651 g/mol. The smallest absolute Gasteiger partial charge is 0.159 e. The predicted molar refractivity (Wildman–Crippen MR) is 216 cm³/mol. The molecular formula is C46H33N7. The van der Waals surface area contributed by atoms with Gasteiger partial charge in [-0.3, -0.25) is 9.88 Å². The minimum absolute atomic E-state index is 0.168. The Kier molecular flexibility index (Phi) is 7.46. The lowest BCUT2D eigenvalue weighted by Gasteiger charge is -2.27. The number of fused-ring (bicyclic) bond motifs is 6. The molecule has 7 heteroatoms. The van der Waals surface area contributed by atoms with Crippen LogP contribution in [0.3, 0.4) is 0 Å². The van der Waals surface area contributed by atoms with Crippen molar-refractivity contribution in [3.05, 3.63) is 199 Å². The molecule has 0 spiro atoms. The SMILES string of the molecule is c1ccc(C2=NC(c3ccccc3)NC(c3ccc(-c4ccc(C5Nc6c(c7cnccc7c7ccccc67)N5c5ccccn5)cc4)cc3)=N2)cc1. The van der Waals surface area contributed by atoms with Crippen LogP contribution in [0.1, 0.15) is 34.6 Å². The van der Waals surface area contributed by atoms with Gasteiger partial charge in [0, 0.05) is 40.5 Å². The first-order valence-corrected chi connectivity index (χ1v) is 17.8. The molecule has 8 aromatic rings. The highest BCUT2D eigenvalue weighted by Gasteiger charge is 2.35. The summed E-state index contributed by atoms with van der Waals surface area (Å²) in [5, 5.41) is 12.1. The minimum atomic E-state index is -0.237. The Bertz CT molecular complexity index is 2660. The van der Waals surface area contributed by atoms with Crippen LogP contribution in [0.5, 0.6) is 0 Å². The van der Waals surface area contributed by atoms with Crippen molar-refractivity contribution in [1.82, 2.24) is 15.3 Å². The molecule has 0 saturated carbocycles. The molecule has 252 valence electrons. The minimum Gasteiger partial charge on any atom is -0.359 e. The van der Waals surface area contributed by atoms with Gasteiger partial charge in [0.25, 0.3) is 0 Å². The van der Waals surface area contributed by atoms with Crippen LogP contribution in [0, 0.1) is 0 Å². The Labute approximate surface area is 307 Å². The van der Waals surface area contributed by atoms with Crippen LogP contribution in [0.25, 0.3) is 32.7 Å². The third-order valence-electron chi connectivity index (χ3n) is 10.1. The van der Waals surface area contributed by atoms with Crippen molar-refractivity contribution in [2.24, 2.45) is 9.98 Å². The fourth-order valence-electron chi connectivity index (χ4n) is 7.52. The van der Waals surface area contributed by atoms with Crippen LogP contribution in [0.2, 0.25) is 0 Å². The normalized spacial score (nSPS) is 16.4. The molecule has 2 aromatic heterocycles. The number of hydrogen-bond acceptors (Lipinski definition) is 7. The second-order valence-corrected chi connectivity index (χ2v) is 13.2. The zero-order valence-corrected chi connectivity index (χ0v) is 28.6. The average molecular weight is 684 g/mol. The summed E-state index contributed by atoms with van der Waals surface area (Å²) >= 11 is 0. The molecule has 2 aliphatic heterocycles. The topological polar surface area (TPSA) is 77.8 Å². The molecule has 0 fully saturated rings. The first-order valence-electron chi connectivity index (χ1n) is 17.8. The zero-order chi connectivity index (χ0) is 35.1. The lowest BCUT2D eigenvalue weighted by molar-refractivity contribution is 0.674. The number of hydrogen-bond donors (Lipinski definition) is 2. The van der Waals surface area contributed by atoms with E-state index in [1.165, 1.54) is 16.2 Å². The number of benzene rings is 6. The molecule has 7 nitrogen and oxygen atoms in total. The Morgan fingerprint density at radius 2 is 1.15 bits per heavy atom. The lowest BCUT2D eigenvalue weighted by Crippen LogP contribution is -2.33. The molecule has 4 heterocycles. The van der Waals surface area contributed by atoms with Gasteiger partial charge in [0.2, 0.25) is 0 Å². The van der Waals surface area contributed by atoms with Crippen molar-refractivity contribution >= 4 is 50.4 Å². The van der Waals surface area contributed by atoms with Crippen LogP contribution in [0.4, 0.5) is 17.2 Å². The maximum Gasteiger partial charge on any atom is 0.159 e. The van der Waals surface area contributed by atoms with E-state index in [1.807, 2.05) is 67.1 Å². The molecule has 10 rings (SSSR count). The van der Waals surface area contributed by atoms with E-state index in [0.29, 0.717) is 5.84 Å². The van der Waals surface area contributed by atoms with Crippen molar-refractivity contribution in [2.45, 2.75) is 12.3 Å². The summed E-state index contributed by atoms with van der Waals surface area (Å²) in [5.41, 5.74) is 8.65.